The molecule has 0 heterocycles. The molecule has 1 heteroatoms. The van der Waals surface area contributed by atoms with Gasteiger partial charge in [0.25, 0.3) is 0 Å². The minimum absolute atomic E-state index is 0. The van der Waals surface area contributed by atoms with Crippen molar-refractivity contribution in [1.29, 1.82) is 0 Å². The van der Waals surface area contributed by atoms with Crippen molar-refractivity contribution >= 4 is 6.08 Å². The summed E-state index contributed by atoms with van der Waals surface area (Å²) in [4.78, 5) is 0. The molecule has 2 aliphatic carbocycles. The summed E-state index contributed by atoms with van der Waals surface area (Å²) < 4.78 is 0. The third-order valence-corrected chi connectivity index (χ3v) is 3.65. The van der Waals surface area contributed by atoms with Gasteiger partial charge in [-0.2, -0.15) is 0 Å². The molecule has 0 N–H and O–H groups in total. The van der Waals surface area contributed by atoms with Crippen LogP contribution in [0.5, 0.6) is 0 Å². The Morgan fingerprint density at radius 2 is 1.62 bits per heavy atom. The zero-order valence-corrected chi connectivity index (χ0v) is 13.8. The van der Waals surface area contributed by atoms with Crippen molar-refractivity contribution in [2.24, 2.45) is 5.41 Å². The zero-order valence-electron chi connectivity index (χ0n) is 10.2. The summed E-state index contributed by atoms with van der Waals surface area (Å²) in [5.41, 5.74) is 6.48. The van der Waals surface area contributed by atoms with Crippen LogP contribution in [0.2, 0.25) is 0 Å². The molecule has 0 saturated carbocycles. The van der Waals surface area contributed by atoms with Gasteiger partial charge >= 0.3 is 0 Å². The van der Waals surface area contributed by atoms with Crippen molar-refractivity contribution in [3.05, 3.63) is 46.4 Å². The molecule has 1 aromatic rings. The van der Waals surface area contributed by atoms with Crippen molar-refractivity contribution in [2.45, 2.75) is 33.6 Å². The minimum atomic E-state index is 0. The van der Waals surface area contributed by atoms with Gasteiger partial charge in [-0.3, -0.25) is 0 Å². The van der Waals surface area contributed by atoms with Crippen LogP contribution in [0.1, 0.15) is 43.0 Å². The molecule has 0 fully saturated rings. The number of hydrogen-bond acceptors (Lipinski definition) is 0. The van der Waals surface area contributed by atoms with Gasteiger partial charge < -0.3 is 0 Å². The largest absolute Gasteiger partial charge is 0.0724 e. The smallest absolute Gasteiger partial charge is 0.0242 e. The van der Waals surface area contributed by atoms with Gasteiger partial charge in [0.2, 0.25) is 0 Å². The van der Waals surface area contributed by atoms with Gasteiger partial charge in [-0.1, -0.05) is 45.1 Å². The first kappa shape index (κ1) is 12.3. The Bertz CT molecular complexity index is 455. The average Bonchev–Trinajstić information content (AvgIpc) is 2.62. The second-order valence-corrected chi connectivity index (χ2v) is 5.74. The fraction of sp³-hybridized carbons (Fsp3) is 0.400. The summed E-state index contributed by atoms with van der Waals surface area (Å²) in [5.74, 6) is 1.41. The van der Waals surface area contributed by atoms with Crippen LogP contribution in [0, 0.1) is 11.3 Å². The molecule has 0 unspecified atom stereocenters. The number of allylic oxidation sites excluding steroid dienone is 1. The number of benzene rings is 1. The first-order chi connectivity index (χ1) is 7.05. The van der Waals surface area contributed by atoms with Gasteiger partial charge in [0, 0.05) is 31.8 Å². The van der Waals surface area contributed by atoms with Gasteiger partial charge in [-0.05, 0) is 40.5 Å². The van der Waals surface area contributed by atoms with E-state index in [4.69, 9.17) is 0 Å². The van der Waals surface area contributed by atoms with Crippen LogP contribution in [0.4, 0.5) is 0 Å². The van der Waals surface area contributed by atoms with E-state index < -0.39 is 0 Å². The Balaban J connectivity index is 0.000000963. The van der Waals surface area contributed by atoms with Gasteiger partial charge in [0.05, 0.1) is 0 Å². The summed E-state index contributed by atoms with van der Waals surface area (Å²) in [7, 11) is 0. The molecule has 0 spiro atoms. The third kappa shape index (κ3) is 1.88. The van der Waals surface area contributed by atoms with Gasteiger partial charge in [0.15, 0.2) is 0 Å². The Labute approximate surface area is 117 Å². The molecule has 0 nitrogen and oxygen atoms in total. The molecule has 1 aromatic carbocycles. The molecule has 0 aliphatic heterocycles. The second-order valence-electron chi connectivity index (χ2n) is 5.74. The first-order valence-electron chi connectivity index (χ1n) is 5.73. The third-order valence-electron chi connectivity index (χ3n) is 3.65. The van der Waals surface area contributed by atoms with E-state index in [0.29, 0.717) is 5.41 Å². The normalized spacial score (nSPS) is 20.4. The molecule has 81 valence electrons. The Morgan fingerprint density at radius 1 is 1.00 bits per heavy atom. The monoisotopic (exact) mass is 377 g/mol. The topological polar surface area (TPSA) is 0 Å². The Kier molecular flexibility index (Phi) is 3.03. The maximum atomic E-state index is 2.41. The van der Waals surface area contributed by atoms with Crippen LogP contribution in [0.25, 0.3) is 6.08 Å². The van der Waals surface area contributed by atoms with E-state index in [1.54, 1.807) is 11.1 Å². The summed E-state index contributed by atoms with van der Waals surface area (Å²) in [6.07, 6.45) is 6.95. The number of hydrogen-bond donors (Lipinski definition) is 0. The predicted octanol–water partition coefficient (Wildman–Crippen LogP) is 3.78. The summed E-state index contributed by atoms with van der Waals surface area (Å²) in [6.45, 7) is 6.93. The molecule has 16 heavy (non-hydrogen) atoms. The van der Waals surface area contributed by atoms with Crippen molar-refractivity contribution in [3.63, 3.8) is 0 Å². The predicted molar refractivity (Wildman–Crippen MR) is 64.7 cm³/mol. The molecular formula is C15H17Hf. The number of rotatable bonds is 0. The van der Waals surface area contributed by atoms with Crippen molar-refractivity contribution < 1.29 is 25.8 Å². The van der Waals surface area contributed by atoms with Crippen LogP contribution in [0.15, 0.2) is 18.2 Å². The van der Waals surface area contributed by atoms with Crippen molar-refractivity contribution in [2.75, 3.05) is 0 Å². The van der Waals surface area contributed by atoms with E-state index in [-0.39, 0.29) is 25.8 Å². The molecule has 0 aromatic heterocycles. The molecule has 0 amide bonds. The molecule has 0 atom stereocenters. The van der Waals surface area contributed by atoms with E-state index in [1.807, 2.05) is 0 Å². The van der Waals surface area contributed by atoms with Crippen LogP contribution in [-0.4, -0.2) is 0 Å². The molecule has 1 radical (unpaired) electrons. The maximum Gasteiger partial charge on any atom is 0.0242 e. The fourth-order valence-corrected chi connectivity index (χ4v) is 2.92. The van der Waals surface area contributed by atoms with Crippen LogP contribution in [-0.2, 0) is 38.7 Å². The molecule has 3 rings (SSSR count). The Morgan fingerprint density at radius 3 is 2.31 bits per heavy atom. The van der Waals surface area contributed by atoms with Crippen LogP contribution < -0.4 is 0 Å². The van der Waals surface area contributed by atoms with Crippen molar-refractivity contribution in [1.82, 2.24) is 0 Å². The van der Waals surface area contributed by atoms with Crippen LogP contribution in [0.3, 0.4) is 0 Å². The Hall–Kier alpha value is -0.170. The quantitative estimate of drug-likeness (QED) is 0.605. The summed E-state index contributed by atoms with van der Waals surface area (Å²) in [5, 5.41) is 0. The SMILES string of the molecule is C[C]1C=Cc2cc3c(cc21)CC(C)(C)C3.[Hf]. The van der Waals surface area contributed by atoms with Gasteiger partial charge in [-0.15, -0.1) is 0 Å². The average molecular weight is 376 g/mol. The summed E-state index contributed by atoms with van der Waals surface area (Å²) >= 11 is 0. The second kappa shape index (κ2) is 3.94. The molecule has 0 bridgehead atoms. The van der Waals surface area contributed by atoms with E-state index in [2.05, 4.69) is 45.1 Å². The molecule has 2 aliphatic rings. The summed E-state index contributed by atoms with van der Waals surface area (Å²) in [6, 6.07) is 4.81. The van der Waals surface area contributed by atoms with E-state index in [9.17, 15) is 0 Å². The first-order valence-corrected chi connectivity index (χ1v) is 5.73. The standard InChI is InChI=1S/C15H17.Hf/c1-10-4-5-11-6-12-8-15(2,3)9-13(12)7-14(10)11;/h4-7H,8-9H2,1-3H3;. The van der Waals surface area contributed by atoms with E-state index in [1.165, 1.54) is 29.9 Å². The molecule has 0 saturated heterocycles. The van der Waals surface area contributed by atoms with Gasteiger partial charge in [0.1, 0.15) is 0 Å². The fourth-order valence-electron chi connectivity index (χ4n) is 2.92. The molecular weight excluding hydrogens is 359 g/mol. The maximum absolute atomic E-state index is 2.41. The minimum Gasteiger partial charge on any atom is -0.0724 e. The van der Waals surface area contributed by atoms with Crippen LogP contribution >= 0.6 is 0 Å². The zero-order chi connectivity index (χ0) is 10.6. The van der Waals surface area contributed by atoms with Gasteiger partial charge in [-0.25, -0.2) is 0 Å². The van der Waals surface area contributed by atoms with E-state index in [0.717, 1.165) is 0 Å². The number of fused-ring (bicyclic) bond motifs is 2. The van der Waals surface area contributed by atoms with Crippen molar-refractivity contribution in [3.8, 4) is 0 Å². The van der Waals surface area contributed by atoms with E-state index >= 15 is 0 Å².